The van der Waals surface area contributed by atoms with Crippen molar-refractivity contribution in [1.29, 1.82) is 0 Å². The zero-order chi connectivity index (χ0) is 20.3. The molecular weight excluding hydrogens is 358 g/mol. The predicted octanol–water partition coefficient (Wildman–Crippen LogP) is 2.69. The molecule has 1 aliphatic rings. The van der Waals surface area contributed by atoms with Gasteiger partial charge in [-0.25, -0.2) is 4.79 Å². The van der Waals surface area contributed by atoms with Crippen LogP contribution in [0.3, 0.4) is 0 Å². The Balaban J connectivity index is 1.63. The van der Waals surface area contributed by atoms with E-state index in [0.29, 0.717) is 22.2 Å². The van der Waals surface area contributed by atoms with Crippen LogP contribution in [-0.4, -0.2) is 29.5 Å². The van der Waals surface area contributed by atoms with Crippen LogP contribution in [0.4, 0.5) is 4.79 Å². The van der Waals surface area contributed by atoms with Crippen molar-refractivity contribution < 1.29 is 19.1 Å². The highest BCUT2D eigenvalue weighted by Gasteiger charge is 2.49. The molecule has 2 N–H and O–H groups in total. The van der Waals surface area contributed by atoms with E-state index in [1.807, 2.05) is 24.3 Å². The number of amides is 4. The summed E-state index contributed by atoms with van der Waals surface area (Å²) in [4.78, 5) is 37.2. The number of nitrogens with one attached hydrogen (secondary N) is 2. The molecule has 1 aliphatic heterocycles. The minimum absolute atomic E-state index is 0.319. The molecule has 0 aliphatic carbocycles. The quantitative estimate of drug-likeness (QED) is 0.753. The first kappa shape index (κ1) is 19.4. The number of nitrogens with zero attached hydrogens (tertiary/aromatic N) is 1. The minimum Gasteiger partial charge on any atom is -0.484 e. The number of hydrogen-bond donors (Lipinski definition) is 2. The maximum atomic E-state index is 12.8. The predicted molar refractivity (Wildman–Crippen MR) is 103 cm³/mol. The number of hydrogen-bond acceptors (Lipinski definition) is 4. The standard InChI is InChI=1S/C21H23N3O4/c1-14(2)15-8-7-11-17(12-15)28-13-18(25)23-24-19(26)21(3,22-20(24)27)16-9-5-4-6-10-16/h4-12,14H,13H2,1-3H3,(H,22,27)(H,23,25). The van der Waals surface area contributed by atoms with Crippen molar-refractivity contribution in [3.63, 3.8) is 0 Å². The van der Waals surface area contributed by atoms with Gasteiger partial charge in [0.1, 0.15) is 11.3 Å². The van der Waals surface area contributed by atoms with Crippen LogP contribution in [0, 0.1) is 0 Å². The van der Waals surface area contributed by atoms with Crippen molar-refractivity contribution in [3.05, 3.63) is 65.7 Å². The first-order valence-corrected chi connectivity index (χ1v) is 9.05. The molecule has 2 aromatic carbocycles. The lowest BCUT2D eigenvalue weighted by Gasteiger charge is -2.22. The zero-order valence-electron chi connectivity index (χ0n) is 16.1. The van der Waals surface area contributed by atoms with Gasteiger partial charge in [0.05, 0.1) is 0 Å². The van der Waals surface area contributed by atoms with E-state index in [4.69, 9.17) is 4.74 Å². The highest BCUT2D eigenvalue weighted by molar-refractivity contribution is 6.08. The Labute approximate surface area is 163 Å². The normalized spacial score (nSPS) is 18.9. The number of rotatable bonds is 6. The van der Waals surface area contributed by atoms with Crippen molar-refractivity contribution in [3.8, 4) is 5.75 Å². The molecule has 1 atom stereocenters. The van der Waals surface area contributed by atoms with Crippen molar-refractivity contribution in [2.75, 3.05) is 6.61 Å². The molecule has 3 rings (SSSR count). The maximum absolute atomic E-state index is 12.8. The molecule has 146 valence electrons. The molecule has 0 radical (unpaired) electrons. The second kappa shape index (κ2) is 7.72. The molecule has 7 heteroatoms. The smallest absolute Gasteiger partial charge is 0.344 e. The van der Waals surface area contributed by atoms with E-state index in [9.17, 15) is 14.4 Å². The zero-order valence-corrected chi connectivity index (χ0v) is 16.1. The van der Waals surface area contributed by atoms with E-state index in [1.165, 1.54) is 0 Å². The number of urea groups is 1. The van der Waals surface area contributed by atoms with Crippen LogP contribution in [0.15, 0.2) is 54.6 Å². The van der Waals surface area contributed by atoms with Gasteiger partial charge in [0.2, 0.25) is 0 Å². The summed E-state index contributed by atoms with van der Waals surface area (Å²) in [7, 11) is 0. The topological polar surface area (TPSA) is 87.7 Å². The van der Waals surface area contributed by atoms with Crippen LogP contribution >= 0.6 is 0 Å². The molecule has 28 heavy (non-hydrogen) atoms. The van der Waals surface area contributed by atoms with Gasteiger partial charge in [0.25, 0.3) is 11.8 Å². The summed E-state index contributed by atoms with van der Waals surface area (Å²) in [6.45, 7) is 5.41. The number of imide groups is 1. The van der Waals surface area contributed by atoms with Crippen molar-refractivity contribution in [2.45, 2.75) is 32.2 Å². The highest BCUT2D eigenvalue weighted by atomic mass is 16.5. The van der Waals surface area contributed by atoms with E-state index in [-0.39, 0.29) is 6.61 Å². The Kier molecular flexibility index (Phi) is 5.35. The van der Waals surface area contributed by atoms with Gasteiger partial charge in [-0.3, -0.25) is 15.0 Å². The van der Waals surface area contributed by atoms with Gasteiger partial charge in [-0.05, 0) is 36.1 Å². The molecule has 2 aromatic rings. The second-order valence-corrected chi connectivity index (χ2v) is 7.11. The number of hydrazine groups is 1. The highest BCUT2D eigenvalue weighted by Crippen LogP contribution is 2.27. The molecular formula is C21H23N3O4. The second-order valence-electron chi connectivity index (χ2n) is 7.11. The molecule has 1 fully saturated rings. The molecule has 0 aromatic heterocycles. The first-order chi connectivity index (χ1) is 13.3. The Morgan fingerprint density at radius 1 is 1.14 bits per heavy atom. The van der Waals surface area contributed by atoms with Gasteiger partial charge in [-0.2, -0.15) is 5.01 Å². The van der Waals surface area contributed by atoms with Crippen LogP contribution in [0.5, 0.6) is 5.75 Å². The molecule has 4 amide bonds. The number of ether oxygens (including phenoxy) is 1. The average molecular weight is 381 g/mol. The third-order valence-corrected chi connectivity index (χ3v) is 4.67. The van der Waals surface area contributed by atoms with Crippen LogP contribution in [0.1, 0.15) is 37.8 Å². The van der Waals surface area contributed by atoms with Gasteiger partial charge >= 0.3 is 6.03 Å². The summed E-state index contributed by atoms with van der Waals surface area (Å²) in [5.74, 6) is -0.277. The summed E-state index contributed by atoms with van der Waals surface area (Å²) in [5, 5.41) is 3.33. The van der Waals surface area contributed by atoms with E-state index in [2.05, 4.69) is 24.6 Å². The SMILES string of the molecule is CC(C)c1cccc(OCC(=O)NN2C(=O)NC(C)(c3ccccc3)C2=O)c1. The third kappa shape index (κ3) is 3.83. The van der Waals surface area contributed by atoms with Crippen molar-refractivity contribution in [2.24, 2.45) is 0 Å². The fraction of sp³-hybridized carbons (Fsp3) is 0.286. The third-order valence-electron chi connectivity index (χ3n) is 4.67. The summed E-state index contributed by atoms with van der Waals surface area (Å²) < 4.78 is 5.49. The van der Waals surface area contributed by atoms with E-state index >= 15 is 0 Å². The van der Waals surface area contributed by atoms with Gasteiger partial charge < -0.3 is 10.1 Å². The Morgan fingerprint density at radius 2 is 1.86 bits per heavy atom. The molecule has 1 unspecified atom stereocenters. The molecule has 1 heterocycles. The fourth-order valence-electron chi connectivity index (χ4n) is 2.98. The largest absolute Gasteiger partial charge is 0.484 e. The Morgan fingerprint density at radius 3 is 2.54 bits per heavy atom. The van der Waals surface area contributed by atoms with Crippen LogP contribution in [0.2, 0.25) is 0 Å². The summed E-state index contributed by atoms with van der Waals surface area (Å²) in [6, 6.07) is 15.6. The lowest BCUT2D eigenvalue weighted by molar-refractivity contribution is -0.139. The molecule has 7 nitrogen and oxygen atoms in total. The van der Waals surface area contributed by atoms with E-state index < -0.39 is 23.4 Å². The number of benzene rings is 2. The van der Waals surface area contributed by atoms with Gasteiger partial charge in [-0.15, -0.1) is 0 Å². The van der Waals surface area contributed by atoms with Crippen LogP contribution in [0.25, 0.3) is 0 Å². The molecule has 0 saturated carbocycles. The lowest BCUT2D eigenvalue weighted by atomic mass is 9.92. The summed E-state index contributed by atoms with van der Waals surface area (Å²) in [5.41, 5.74) is 2.80. The molecule has 0 spiro atoms. The van der Waals surface area contributed by atoms with Gasteiger partial charge in [-0.1, -0.05) is 56.3 Å². The van der Waals surface area contributed by atoms with Gasteiger partial charge in [0.15, 0.2) is 6.61 Å². The Bertz CT molecular complexity index is 898. The first-order valence-electron chi connectivity index (χ1n) is 9.05. The van der Waals surface area contributed by atoms with Crippen molar-refractivity contribution in [1.82, 2.24) is 15.8 Å². The van der Waals surface area contributed by atoms with Crippen molar-refractivity contribution >= 4 is 17.8 Å². The Hall–Kier alpha value is -3.35. The molecule has 1 saturated heterocycles. The fourth-order valence-corrected chi connectivity index (χ4v) is 2.98. The summed E-state index contributed by atoms with van der Waals surface area (Å²) in [6.07, 6.45) is 0. The minimum atomic E-state index is -1.24. The monoisotopic (exact) mass is 381 g/mol. The van der Waals surface area contributed by atoms with Crippen LogP contribution < -0.4 is 15.5 Å². The maximum Gasteiger partial charge on any atom is 0.344 e. The van der Waals surface area contributed by atoms with E-state index in [0.717, 1.165) is 5.56 Å². The number of carbonyl (C=O) groups excluding carboxylic acids is 3. The molecule has 0 bridgehead atoms. The number of carbonyl (C=O) groups is 3. The van der Waals surface area contributed by atoms with E-state index in [1.54, 1.807) is 37.3 Å². The lowest BCUT2D eigenvalue weighted by Crippen LogP contribution is -2.49. The van der Waals surface area contributed by atoms with Gasteiger partial charge in [0, 0.05) is 0 Å². The summed E-state index contributed by atoms with van der Waals surface area (Å²) >= 11 is 0. The van der Waals surface area contributed by atoms with Crippen LogP contribution in [-0.2, 0) is 15.1 Å². The average Bonchev–Trinajstić information content (AvgIpc) is 2.91.